The molecule has 5 heteroatoms. The summed E-state index contributed by atoms with van der Waals surface area (Å²) < 4.78 is 1.74. The Balaban J connectivity index is 1.94. The quantitative estimate of drug-likeness (QED) is 0.764. The minimum absolute atomic E-state index is 0.268. The first kappa shape index (κ1) is 10.2. The van der Waals surface area contributed by atoms with Gasteiger partial charge in [-0.2, -0.15) is 5.10 Å². The van der Waals surface area contributed by atoms with Gasteiger partial charge in [0.1, 0.15) is 0 Å². The molecule has 0 amide bonds. The van der Waals surface area contributed by atoms with Crippen LogP contribution < -0.4 is 5.32 Å². The number of nitrogens with one attached hydrogen (secondary N) is 1. The fourth-order valence-electron chi connectivity index (χ4n) is 1.90. The summed E-state index contributed by atoms with van der Waals surface area (Å²) in [5.41, 5.74) is 0.268. The Morgan fingerprint density at radius 3 is 2.93 bits per heavy atom. The highest BCUT2D eigenvalue weighted by atomic mass is 16.4. The molecule has 0 aliphatic carbocycles. The molecule has 1 aliphatic rings. The van der Waals surface area contributed by atoms with E-state index in [0.717, 1.165) is 32.5 Å². The first-order chi connectivity index (χ1) is 7.25. The van der Waals surface area contributed by atoms with Gasteiger partial charge in [0.15, 0.2) is 0 Å². The lowest BCUT2D eigenvalue weighted by atomic mass is 9.98. The summed E-state index contributed by atoms with van der Waals surface area (Å²) in [5.74, 6) is -0.292. The maximum absolute atomic E-state index is 10.6. The topological polar surface area (TPSA) is 67.1 Å². The van der Waals surface area contributed by atoms with E-state index in [1.54, 1.807) is 10.9 Å². The highest BCUT2D eigenvalue weighted by molar-refractivity contribution is 5.86. The fraction of sp³-hybridized carbons (Fsp3) is 0.600. The van der Waals surface area contributed by atoms with E-state index >= 15 is 0 Å². The van der Waals surface area contributed by atoms with E-state index in [1.807, 2.05) is 0 Å². The summed E-state index contributed by atoms with van der Waals surface area (Å²) >= 11 is 0. The third kappa shape index (κ3) is 2.56. The average molecular weight is 209 g/mol. The van der Waals surface area contributed by atoms with E-state index in [2.05, 4.69) is 10.4 Å². The molecular formula is C10H15N3O2. The molecule has 1 fully saturated rings. The Hall–Kier alpha value is -1.36. The predicted molar refractivity (Wildman–Crippen MR) is 54.8 cm³/mol. The number of hydrogen-bond acceptors (Lipinski definition) is 3. The number of carbonyl (C=O) groups is 1. The highest BCUT2D eigenvalue weighted by Crippen LogP contribution is 2.14. The van der Waals surface area contributed by atoms with Crippen LogP contribution in [0.1, 0.15) is 23.2 Å². The summed E-state index contributed by atoms with van der Waals surface area (Å²) in [7, 11) is 0. The monoisotopic (exact) mass is 209 g/mol. The summed E-state index contributed by atoms with van der Waals surface area (Å²) in [5, 5.41) is 16.1. The molecule has 0 atom stereocenters. The van der Waals surface area contributed by atoms with Gasteiger partial charge in [0.2, 0.25) is 0 Å². The molecule has 2 N–H and O–H groups in total. The van der Waals surface area contributed by atoms with Crippen molar-refractivity contribution in [2.24, 2.45) is 5.92 Å². The second-order valence-corrected chi connectivity index (χ2v) is 3.95. The van der Waals surface area contributed by atoms with Gasteiger partial charge in [-0.25, -0.2) is 4.79 Å². The van der Waals surface area contributed by atoms with Crippen LogP contribution in [0.4, 0.5) is 0 Å². The largest absolute Gasteiger partial charge is 0.478 e. The van der Waals surface area contributed by atoms with Gasteiger partial charge in [-0.3, -0.25) is 4.68 Å². The third-order valence-corrected chi connectivity index (χ3v) is 2.78. The molecule has 0 bridgehead atoms. The van der Waals surface area contributed by atoms with Gasteiger partial charge in [0.25, 0.3) is 0 Å². The normalized spacial score (nSPS) is 17.9. The molecular weight excluding hydrogens is 194 g/mol. The van der Waals surface area contributed by atoms with Crippen molar-refractivity contribution in [1.82, 2.24) is 15.1 Å². The minimum Gasteiger partial charge on any atom is -0.478 e. The zero-order valence-corrected chi connectivity index (χ0v) is 8.52. The van der Waals surface area contributed by atoms with Crippen LogP contribution in [-0.4, -0.2) is 33.9 Å². The van der Waals surface area contributed by atoms with Crippen LogP contribution in [0.15, 0.2) is 12.4 Å². The molecule has 0 spiro atoms. The Bertz CT molecular complexity index is 342. The molecule has 0 radical (unpaired) electrons. The maximum Gasteiger partial charge on any atom is 0.338 e. The van der Waals surface area contributed by atoms with Crippen LogP contribution in [0.5, 0.6) is 0 Å². The second-order valence-electron chi connectivity index (χ2n) is 3.95. The van der Waals surface area contributed by atoms with Crippen molar-refractivity contribution in [1.29, 1.82) is 0 Å². The number of aromatic nitrogens is 2. The lowest BCUT2D eigenvalue weighted by Gasteiger charge is -2.22. The zero-order valence-electron chi connectivity index (χ0n) is 8.52. The number of nitrogens with zero attached hydrogens (tertiary/aromatic N) is 2. The molecule has 82 valence electrons. The Morgan fingerprint density at radius 2 is 2.33 bits per heavy atom. The Labute approximate surface area is 88.1 Å². The third-order valence-electron chi connectivity index (χ3n) is 2.78. The summed E-state index contributed by atoms with van der Waals surface area (Å²) in [6.07, 6.45) is 5.29. The van der Waals surface area contributed by atoms with Crippen molar-refractivity contribution in [2.75, 3.05) is 13.1 Å². The molecule has 1 aromatic heterocycles. The summed E-state index contributed by atoms with van der Waals surface area (Å²) in [6.45, 7) is 2.93. The molecule has 0 saturated carbocycles. The van der Waals surface area contributed by atoms with E-state index in [0.29, 0.717) is 5.92 Å². The molecule has 1 saturated heterocycles. The van der Waals surface area contributed by atoms with Gasteiger partial charge in [0, 0.05) is 12.7 Å². The SMILES string of the molecule is O=C(O)c1cnn(CC2CCNCC2)c1. The van der Waals surface area contributed by atoms with Crippen LogP contribution >= 0.6 is 0 Å². The number of hydrogen-bond donors (Lipinski definition) is 2. The van der Waals surface area contributed by atoms with E-state index in [9.17, 15) is 4.79 Å². The van der Waals surface area contributed by atoms with Gasteiger partial charge in [0.05, 0.1) is 11.8 Å². The van der Waals surface area contributed by atoms with Crippen molar-refractivity contribution in [3.63, 3.8) is 0 Å². The molecule has 0 unspecified atom stereocenters. The van der Waals surface area contributed by atoms with Crippen molar-refractivity contribution >= 4 is 5.97 Å². The van der Waals surface area contributed by atoms with Crippen molar-refractivity contribution < 1.29 is 9.90 Å². The van der Waals surface area contributed by atoms with Gasteiger partial charge < -0.3 is 10.4 Å². The lowest BCUT2D eigenvalue weighted by molar-refractivity contribution is 0.0696. The standard InChI is InChI=1S/C10H15N3O2/c14-10(15)9-5-12-13(7-9)6-8-1-3-11-4-2-8/h5,7-8,11H,1-4,6H2,(H,14,15). The van der Waals surface area contributed by atoms with E-state index in [1.165, 1.54) is 6.20 Å². The van der Waals surface area contributed by atoms with Gasteiger partial charge >= 0.3 is 5.97 Å². The Kier molecular flexibility index (Phi) is 3.01. The van der Waals surface area contributed by atoms with Gasteiger partial charge in [-0.15, -0.1) is 0 Å². The van der Waals surface area contributed by atoms with Crippen LogP contribution in [0.2, 0.25) is 0 Å². The molecule has 5 nitrogen and oxygen atoms in total. The minimum atomic E-state index is -0.911. The summed E-state index contributed by atoms with van der Waals surface area (Å²) in [4.78, 5) is 10.6. The van der Waals surface area contributed by atoms with Crippen LogP contribution in [0, 0.1) is 5.92 Å². The average Bonchev–Trinajstić information content (AvgIpc) is 2.68. The fourth-order valence-corrected chi connectivity index (χ4v) is 1.90. The number of rotatable bonds is 3. The molecule has 15 heavy (non-hydrogen) atoms. The van der Waals surface area contributed by atoms with Crippen molar-refractivity contribution in [2.45, 2.75) is 19.4 Å². The van der Waals surface area contributed by atoms with Crippen molar-refractivity contribution in [3.8, 4) is 0 Å². The molecule has 2 heterocycles. The van der Waals surface area contributed by atoms with Crippen LogP contribution in [0.25, 0.3) is 0 Å². The number of aromatic carboxylic acids is 1. The molecule has 1 aliphatic heterocycles. The van der Waals surface area contributed by atoms with Crippen molar-refractivity contribution in [3.05, 3.63) is 18.0 Å². The van der Waals surface area contributed by atoms with Gasteiger partial charge in [-0.1, -0.05) is 0 Å². The van der Waals surface area contributed by atoms with E-state index in [4.69, 9.17) is 5.11 Å². The highest BCUT2D eigenvalue weighted by Gasteiger charge is 2.14. The number of piperidine rings is 1. The lowest BCUT2D eigenvalue weighted by Crippen LogP contribution is -2.29. The first-order valence-electron chi connectivity index (χ1n) is 5.22. The zero-order chi connectivity index (χ0) is 10.7. The van der Waals surface area contributed by atoms with E-state index in [-0.39, 0.29) is 5.56 Å². The maximum atomic E-state index is 10.6. The number of carboxylic acids is 1. The second kappa shape index (κ2) is 4.44. The molecule has 1 aromatic rings. The predicted octanol–water partition coefficient (Wildman–Crippen LogP) is 0.581. The van der Waals surface area contributed by atoms with Gasteiger partial charge in [-0.05, 0) is 31.8 Å². The number of carboxylic acid groups (broad SMARTS) is 1. The smallest absolute Gasteiger partial charge is 0.338 e. The summed E-state index contributed by atoms with van der Waals surface area (Å²) in [6, 6.07) is 0. The van der Waals surface area contributed by atoms with E-state index < -0.39 is 5.97 Å². The van der Waals surface area contributed by atoms with Crippen LogP contribution in [-0.2, 0) is 6.54 Å². The molecule has 2 rings (SSSR count). The van der Waals surface area contributed by atoms with Crippen LogP contribution in [0.3, 0.4) is 0 Å². The first-order valence-corrected chi connectivity index (χ1v) is 5.22. The molecule has 0 aromatic carbocycles. The Morgan fingerprint density at radius 1 is 1.60 bits per heavy atom.